The Balaban J connectivity index is 2.13. The molecule has 1 N–H and O–H groups in total. The first-order chi connectivity index (χ1) is 18.4. The zero-order chi connectivity index (χ0) is 27.3. The highest BCUT2D eigenvalue weighted by Gasteiger charge is 2.48. The number of rotatable bonds is 9. The van der Waals surface area contributed by atoms with Crippen LogP contribution in [0.25, 0.3) is 0 Å². The summed E-state index contributed by atoms with van der Waals surface area (Å²) in [5.74, 6) is -0.956. The van der Waals surface area contributed by atoms with Crippen LogP contribution in [0, 0.1) is 20.2 Å². The Bertz CT molecular complexity index is 1360. The van der Waals surface area contributed by atoms with Crippen molar-refractivity contribution in [2.24, 2.45) is 10.00 Å². The largest absolute Gasteiger partial charge is 0.497 e. The summed E-state index contributed by atoms with van der Waals surface area (Å²) in [5.41, 5.74) is -1.17. The standard InChI is InChI=1S/C28H25N4O5P/c1-3-23-25(24(4-2)27(32(36)37)28(33)26(23)31(34)35)29-30-38(20-14-8-5-9-15-20,21-16-10-6-11-17-21)22-18-12-7-13-19-22/h5-19H,3-4H2,1-2H3/p+1. The number of nitrogens with zero attached hydrogens (tertiary/aromatic N) is 4. The lowest BCUT2D eigenvalue weighted by Crippen LogP contribution is -2.29. The molecular weight excluding hydrogens is 503 g/mol. The van der Waals surface area contributed by atoms with Crippen LogP contribution in [0.2, 0.25) is 0 Å². The maximum atomic E-state index is 12.0. The fraction of sp³-hybridized carbons (Fsp3) is 0.143. The minimum atomic E-state index is -2.81. The Morgan fingerprint density at radius 3 is 1.32 bits per heavy atom. The van der Waals surface area contributed by atoms with Crippen molar-refractivity contribution >= 4 is 40.4 Å². The Morgan fingerprint density at radius 1 is 0.684 bits per heavy atom. The van der Waals surface area contributed by atoms with E-state index in [9.17, 15) is 25.3 Å². The zero-order valence-electron chi connectivity index (χ0n) is 20.9. The number of nitro groups is 2. The van der Waals surface area contributed by atoms with Crippen molar-refractivity contribution in [3.63, 3.8) is 0 Å². The minimum absolute atomic E-state index is 0.0540. The third-order valence-electron chi connectivity index (χ3n) is 6.33. The van der Waals surface area contributed by atoms with E-state index in [2.05, 4.69) is 5.11 Å². The SMILES string of the molecule is CCc1c(N=N[P+](c2ccccc2)(c2ccccc2)c2ccccc2)c(CC)c([N+](=O)[O-])c(O)c1[N+](=O)[O-]. The van der Waals surface area contributed by atoms with Gasteiger partial charge in [-0.3, -0.25) is 20.2 Å². The summed E-state index contributed by atoms with van der Waals surface area (Å²) in [6, 6.07) is 29.0. The van der Waals surface area contributed by atoms with Gasteiger partial charge in [-0.2, -0.15) is 0 Å². The van der Waals surface area contributed by atoms with Gasteiger partial charge < -0.3 is 5.11 Å². The molecule has 0 amide bonds. The van der Waals surface area contributed by atoms with Crippen molar-refractivity contribution < 1.29 is 15.0 Å². The summed E-state index contributed by atoms with van der Waals surface area (Å²) >= 11 is 0. The molecule has 0 spiro atoms. The fourth-order valence-electron chi connectivity index (χ4n) is 4.63. The molecule has 0 unspecified atom stereocenters. The second kappa shape index (κ2) is 11.3. The predicted octanol–water partition coefficient (Wildman–Crippen LogP) is 6.33. The van der Waals surface area contributed by atoms with E-state index in [0.717, 1.165) is 15.9 Å². The van der Waals surface area contributed by atoms with Crippen molar-refractivity contribution in [2.45, 2.75) is 26.7 Å². The van der Waals surface area contributed by atoms with E-state index in [0.29, 0.717) is 0 Å². The minimum Gasteiger partial charge on any atom is -0.497 e. The van der Waals surface area contributed by atoms with Crippen molar-refractivity contribution in [1.29, 1.82) is 0 Å². The molecule has 0 fully saturated rings. The normalized spacial score (nSPS) is 11.5. The van der Waals surface area contributed by atoms with Crippen molar-refractivity contribution in [2.75, 3.05) is 0 Å². The summed E-state index contributed by atoms with van der Waals surface area (Å²) in [4.78, 5) is 27.3. The molecule has 10 heteroatoms. The third-order valence-corrected chi connectivity index (χ3v) is 9.83. The molecule has 192 valence electrons. The molecule has 0 aliphatic heterocycles. The number of nitro benzene ring substituents is 2. The highest BCUT2D eigenvalue weighted by Crippen LogP contribution is 2.58. The van der Waals surface area contributed by atoms with Gasteiger partial charge in [0, 0.05) is 0 Å². The number of phenols is 1. The summed E-state index contributed by atoms with van der Waals surface area (Å²) < 4.78 is 0. The van der Waals surface area contributed by atoms with Gasteiger partial charge in [0.15, 0.2) is 0 Å². The maximum absolute atomic E-state index is 12.0. The lowest BCUT2D eigenvalue weighted by atomic mass is 9.98. The second-order valence-corrected chi connectivity index (χ2v) is 11.4. The molecule has 4 aromatic carbocycles. The predicted molar refractivity (Wildman–Crippen MR) is 150 cm³/mol. The molecule has 0 atom stereocenters. The summed E-state index contributed by atoms with van der Waals surface area (Å²) in [6.45, 7) is 3.36. The number of hydrogen-bond acceptors (Lipinski definition) is 7. The van der Waals surface area contributed by atoms with Crippen LogP contribution in [0.5, 0.6) is 5.75 Å². The topological polar surface area (TPSA) is 131 Å². The monoisotopic (exact) mass is 529 g/mol. The summed E-state index contributed by atoms with van der Waals surface area (Å²) in [7, 11) is -2.81. The Morgan fingerprint density at radius 2 is 1.03 bits per heavy atom. The number of aromatic hydroxyl groups is 1. The molecule has 0 saturated carbocycles. The van der Waals surface area contributed by atoms with Gasteiger partial charge in [0.25, 0.3) is 13.2 Å². The zero-order valence-corrected chi connectivity index (χ0v) is 21.8. The van der Waals surface area contributed by atoms with E-state index in [1.165, 1.54) is 0 Å². The van der Waals surface area contributed by atoms with Gasteiger partial charge in [-0.05, 0) is 54.1 Å². The smallest absolute Gasteiger partial charge is 0.323 e. The van der Waals surface area contributed by atoms with E-state index in [4.69, 9.17) is 4.88 Å². The molecule has 0 aliphatic carbocycles. The molecular formula is C28H26N4O5P+. The van der Waals surface area contributed by atoms with Crippen LogP contribution in [-0.2, 0) is 12.8 Å². The van der Waals surface area contributed by atoms with Gasteiger partial charge >= 0.3 is 11.4 Å². The first-order valence-corrected chi connectivity index (χ1v) is 13.8. The van der Waals surface area contributed by atoms with E-state index >= 15 is 0 Å². The lowest BCUT2D eigenvalue weighted by Gasteiger charge is -2.21. The molecule has 0 saturated heterocycles. The van der Waals surface area contributed by atoms with Gasteiger partial charge in [0.05, 0.1) is 21.0 Å². The Hall–Kier alpha value is -4.49. The van der Waals surface area contributed by atoms with Gasteiger partial charge in [-0.1, -0.05) is 68.4 Å². The molecule has 38 heavy (non-hydrogen) atoms. The van der Waals surface area contributed by atoms with Crippen molar-refractivity contribution in [3.05, 3.63) is 122 Å². The molecule has 0 bridgehead atoms. The van der Waals surface area contributed by atoms with Crippen LogP contribution in [0.15, 0.2) is 101 Å². The van der Waals surface area contributed by atoms with Gasteiger partial charge in [-0.25, -0.2) is 0 Å². The van der Waals surface area contributed by atoms with E-state index in [-0.39, 0.29) is 29.7 Å². The Labute approximate surface area is 220 Å². The molecule has 0 radical (unpaired) electrons. The highest BCUT2D eigenvalue weighted by atomic mass is 31.2. The van der Waals surface area contributed by atoms with Crippen LogP contribution in [0.3, 0.4) is 0 Å². The van der Waals surface area contributed by atoms with Crippen molar-refractivity contribution in [3.8, 4) is 5.75 Å². The quantitative estimate of drug-likeness (QED) is 0.117. The number of phenolic OH excluding ortho intramolecular Hbond substituents is 1. The molecule has 4 aromatic rings. The first kappa shape index (κ1) is 26.6. The number of benzene rings is 4. The molecule has 4 rings (SSSR count). The Kier molecular flexibility index (Phi) is 7.88. The van der Waals surface area contributed by atoms with Crippen LogP contribution in [0.4, 0.5) is 17.1 Å². The molecule has 0 heterocycles. The summed E-state index contributed by atoms with van der Waals surface area (Å²) in [6.07, 6.45) is 0.243. The maximum Gasteiger partial charge on any atom is 0.323 e. The van der Waals surface area contributed by atoms with E-state index < -0.39 is 34.4 Å². The van der Waals surface area contributed by atoms with Crippen LogP contribution < -0.4 is 15.9 Å². The highest BCUT2D eigenvalue weighted by molar-refractivity contribution is 7.94. The second-order valence-electron chi connectivity index (χ2n) is 8.40. The summed E-state index contributed by atoms with van der Waals surface area (Å²) in [5, 5.41) is 41.8. The third kappa shape index (κ3) is 4.64. The lowest BCUT2D eigenvalue weighted by molar-refractivity contribution is -0.396. The molecule has 0 aliphatic rings. The van der Waals surface area contributed by atoms with Gasteiger partial charge in [0.2, 0.25) is 0 Å². The number of hydrogen-bond donors (Lipinski definition) is 1. The van der Waals surface area contributed by atoms with Gasteiger partial charge in [-0.15, -0.1) is 5.11 Å². The molecule has 0 aromatic heterocycles. The van der Waals surface area contributed by atoms with Crippen LogP contribution >= 0.6 is 7.41 Å². The first-order valence-electron chi connectivity index (χ1n) is 12.0. The van der Waals surface area contributed by atoms with Crippen molar-refractivity contribution in [1.82, 2.24) is 0 Å². The van der Waals surface area contributed by atoms with Crippen LogP contribution in [0.1, 0.15) is 25.0 Å². The van der Waals surface area contributed by atoms with Crippen LogP contribution in [-0.4, -0.2) is 15.0 Å². The fourth-order valence-corrected chi connectivity index (χ4v) is 7.87. The average Bonchev–Trinajstić information content (AvgIpc) is 2.94. The van der Waals surface area contributed by atoms with E-state index in [1.54, 1.807) is 13.8 Å². The average molecular weight is 530 g/mol. The van der Waals surface area contributed by atoms with E-state index in [1.807, 2.05) is 91.0 Å². The van der Waals surface area contributed by atoms with Gasteiger partial charge in [0.1, 0.15) is 21.6 Å². The molecule has 9 nitrogen and oxygen atoms in total.